The van der Waals surface area contributed by atoms with E-state index in [2.05, 4.69) is 31.9 Å². The lowest BCUT2D eigenvalue weighted by molar-refractivity contribution is -0.135. The van der Waals surface area contributed by atoms with Gasteiger partial charge in [0.25, 0.3) is 5.91 Å². The monoisotopic (exact) mass is 453 g/mol. The molecule has 0 radical (unpaired) electrons. The lowest BCUT2D eigenvalue weighted by Gasteiger charge is -2.26. The third-order valence-electron chi connectivity index (χ3n) is 3.56. The molecule has 1 amide bonds. The summed E-state index contributed by atoms with van der Waals surface area (Å²) in [6, 6.07) is 5.18. The van der Waals surface area contributed by atoms with Crippen LogP contribution in [0, 0.1) is 0 Å². The number of amides is 1. The van der Waals surface area contributed by atoms with Gasteiger partial charge in [0, 0.05) is 17.1 Å². The third-order valence-corrected chi connectivity index (χ3v) is 6.42. The van der Waals surface area contributed by atoms with Crippen molar-refractivity contribution in [1.82, 2.24) is 4.90 Å². The molecule has 1 atom stereocenters. The molecule has 1 aromatic carbocycles. The summed E-state index contributed by atoms with van der Waals surface area (Å²) in [6.07, 6.45) is 0.504. The van der Waals surface area contributed by atoms with Gasteiger partial charge in [-0.3, -0.25) is 4.79 Å². The van der Waals surface area contributed by atoms with Crippen molar-refractivity contribution in [2.45, 2.75) is 19.4 Å². The van der Waals surface area contributed by atoms with Crippen LogP contribution in [0.15, 0.2) is 27.1 Å². The number of ether oxygens (including phenoxy) is 1. The molecule has 22 heavy (non-hydrogen) atoms. The van der Waals surface area contributed by atoms with Gasteiger partial charge in [0.15, 0.2) is 16.4 Å². The second kappa shape index (κ2) is 7.31. The third kappa shape index (κ3) is 4.45. The zero-order chi connectivity index (χ0) is 16.3. The molecule has 1 heterocycles. The van der Waals surface area contributed by atoms with Gasteiger partial charge in [0.2, 0.25) is 0 Å². The minimum absolute atomic E-state index is 0.0502. The van der Waals surface area contributed by atoms with E-state index in [1.807, 2.05) is 19.1 Å². The number of carbonyl (C=O) groups is 1. The normalized spacial score (nSPS) is 19.9. The van der Waals surface area contributed by atoms with Crippen LogP contribution in [0.2, 0.25) is 0 Å². The Morgan fingerprint density at radius 2 is 2.14 bits per heavy atom. The van der Waals surface area contributed by atoms with E-state index in [1.165, 1.54) is 0 Å². The van der Waals surface area contributed by atoms with Gasteiger partial charge in [-0.05, 0) is 47.5 Å². The summed E-state index contributed by atoms with van der Waals surface area (Å²) in [5.41, 5.74) is 0. The first-order chi connectivity index (χ1) is 10.3. The number of benzene rings is 1. The van der Waals surface area contributed by atoms with Gasteiger partial charge in [-0.25, -0.2) is 8.42 Å². The van der Waals surface area contributed by atoms with E-state index in [1.54, 1.807) is 11.0 Å². The molecular formula is C14H17Br2NO4S. The number of likely N-dealkylation sites (N-methyl/N-ethyl adjacent to an activating group) is 1. The van der Waals surface area contributed by atoms with Crippen molar-refractivity contribution in [3.63, 3.8) is 0 Å². The van der Waals surface area contributed by atoms with Gasteiger partial charge < -0.3 is 9.64 Å². The highest BCUT2D eigenvalue weighted by Gasteiger charge is 2.33. The van der Waals surface area contributed by atoms with Gasteiger partial charge in [-0.1, -0.05) is 15.9 Å². The van der Waals surface area contributed by atoms with E-state index in [0.29, 0.717) is 18.7 Å². The van der Waals surface area contributed by atoms with Crippen LogP contribution >= 0.6 is 31.9 Å². The molecule has 2 rings (SSSR count). The van der Waals surface area contributed by atoms with Gasteiger partial charge >= 0.3 is 0 Å². The maximum absolute atomic E-state index is 12.3. The molecule has 1 fully saturated rings. The largest absolute Gasteiger partial charge is 0.483 e. The van der Waals surface area contributed by atoms with E-state index in [9.17, 15) is 13.2 Å². The van der Waals surface area contributed by atoms with Crippen LogP contribution in [-0.4, -0.2) is 49.9 Å². The standard InChI is InChI=1S/C14H17Br2NO4S/c1-2-17(11-5-6-22(19,20)9-11)14(18)8-21-13-4-3-10(15)7-12(13)16/h3-4,7,11H,2,5-6,8-9H2,1H3. The molecule has 1 unspecified atom stereocenters. The van der Waals surface area contributed by atoms with Crippen molar-refractivity contribution < 1.29 is 17.9 Å². The number of hydrogen-bond donors (Lipinski definition) is 0. The first-order valence-electron chi connectivity index (χ1n) is 6.90. The summed E-state index contributed by atoms with van der Waals surface area (Å²) in [7, 11) is -3.01. The lowest BCUT2D eigenvalue weighted by Crippen LogP contribution is -2.43. The van der Waals surface area contributed by atoms with Crippen LogP contribution in [0.1, 0.15) is 13.3 Å². The Bertz CT molecular complexity index is 663. The van der Waals surface area contributed by atoms with Gasteiger partial charge in [0.1, 0.15) is 5.75 Å². The Hall–Kier alpha value is -0.600. The molecule has 1 aromatic rings. The van der Waals surface area contributed by atoms with E-state index in [-0.39, 0.29) is 30.1 Å². The Balaban J connectivity index is 1.98. The molecule has 0 aromatic heterocycles. The number of sulfone groups is 1. The van der Waals surface area contributed by atoms with E-state index >= 15 is 0 Å². The molecule has 0 bridgehead atoms. The summed E-state index contributed by atoms with van der Waals surface area (Å²) in [6.45, 7) is 2.22. The van der Waals surface area contributed by atoms with Crippen LogP contribution in [0.3, 0.4) is 0 Å². The van der Waals surface area contributed by atoms with Crippen LogP contribution in [0.4, 0.5) is 0 Å². The molecule has 0 aliphatic carbocycles. The van der Waals surface area contributed by atoms with Gasteiger partial charge in [-0.15, -0.1) is 0 Å². The molecule has 5 nitrogen and oxygen atoms in total. The van der Waals surface area contributed by atoms with Crippen molar-refractivity contribution >= 4 is 47.6 Å². The number of carbonyl (C=O) groups excluding carboxylic acids is 1. The molecule has 1 saturated heterocycles. The van der Waals surface area contributed by atoms with Crippen LogP contribution in [-0.2, 0) is 14.6 Å². The van der Waals surface area contributed by atoms with Crippen LogP contribution in [0.25, 0.3) is 0 Å². The number of hydrogen-bond acceptors (Lipinski definition) is 4. The van der Waals surface area contributed by atoms with Crippen molar-refractivity contribution in [2.24, 2.45) is 0 Å². The van der Waals surface area contributed by atoms with E-state index in [4.69, 9.17) is 4.74 Å². The smallest absolute Gasteiger partial charge is 0.260 e. The van der Waals surface area contributed by atoms with E-state index < -0.39 is 9.84 Å². The summed E-state index contributed by atoms with van der Waals surface area (Å²) < 4.78 is 30.3. The predicted molar refractivity (Wildman–Crippen MR) is 91.8 cm³/mol. The quantitative estimate of drug-likeness (QED) is 0.685. The lowest BCUT2D eigenvalue weighted by atomic mass is 10.2. The Kier molecular flexibility index (Phi) is 5.90. The van der Waals surface area contributed by atoms with Crippen molar-refractivity contribution in [3.05, 3.63) is 27.1 Å². The minimum atomic E-state index is -3.01. The number of rotatable bonds is 5. The van der Waals surface area contributed by atoms with Crippen molar-refractivity contribution in [1.29, 1.82) is 0 Å². The van der Waals surface area contributed by atoms with Crippen LogP contribution < -0.4 is 4.74 Å². The van der Waals surface area contributed by atoms with E-state index in [0.717, 1.165) is 8.95 Å². The molecule has 0 spiro atoms. The van der Waals surface area contributed by atoms with Crippen molar-refractivity contribution in [3.8, 4) is 5.75 Å². The maximum atomic E-state index is 12.3. The summed E-state index contributed by atoms with van der Waals surface area (Å²) in [4.78, 5) is 13.9. The molecule has 0 saturated carbocycles. The molecule has 122 valence electrons. The van der Waals surface area contributed by atoms with Gasteiger partial charge in [0.05, 0.1) is 16.0 Å². The Morgan fingerprint density at radius 1 is 1.41 bits per heavy atom. The zero-order valence-electron chi connectivity index (χ0n) is 12.1. The molecule has 1 aliphatic rings. The van der Waals surface area contributed by atoms with Crippen LogP contribution in [0.5, 0.6) is 5.75 Å². The average Bonchev–Trinajstić information content (AvgIpc) is 2.78. The number of nitrogens with zero attached hydrogens (tertiary/aromatic N) is 1. The minimum Gasteiger partial charge on any atom is -0.483 e. The summed E-state index contributed by atoms with van der Waals surface area (Å²) in [5.74, 6) is 0.584. The first-order valence-corrected chi connectivity index (χ1v) is 10.3. The highest BCUT2D eigenvalue weighted by Crippen LogP contribution is 2.28. The highest BCUT2D eigenvalue weighted by molar-refractivity contribution is 9.11. The van der Waals surface area contributed by atoms with Crippen molar-refractivity contribution in [2.75, 3.05) is 24.7 Å². The number of halogens is 2. The second-order valence-electron chi connectivity index (χ2n) is 5.10. The van der Waals surface area contributed by atoms with Gasteiger partial charge in [-0.2, -0.15) is 0 Å². The molecule has 1 aliphatic heterocycles. The topological polar surface area (TPSA) is 63.7 Å². The fraction of sp³-hybridized carbons (Fsp3) is 0.500. The molecular weight excluding hydrogens is 438 g/mol. The Morgan fingerprint density at radius 3 is 2.68 bits per heavy atom. The Labute approximate surface area is 147 Å². The fourth-order valence-corrected chi connectivity index (χ4v) is 5.37. The first kappa shape index (κ1) is 17.7. The SMILES string of the molecule is CCN(C(=O)COc1ccc(Br)cc1Br)C1CCS(=O)(=O)C1. The fourth-order valence-electron chi connectivity index (χ4n) is 2.47. The predicted octanol–water partition coefficient (Wildman–Crippen LogP) is 2.63. The molecule has 8 heteroatoms. The summed E-state index contributed by atoms with van der Waals surface area (Å²) in [5, 5.41) is 0. The molecule has 0 N–H and O–H groups in total. The average molecular weight is 455 g/mol. The second-order valence-corrected chi connectivity index (χ2v) is 9.10. The highest BCUT2D eigenvalue weighted by atomic mass is 79.9. The summed E-state index contributed by atoms with van der Waals surface area (Å²) >= 11 is 6.72. The zero-order valence-corrected chi connectivity index (χ0v) is 16.1. The maximum Gasteiger partial charge on any atom is 0.260 e.